The summed E-state index contributed by atoms with van der Waals surface area (Å²) in [5, 5.41) is 4.62. The highest BCUT2D eigenvalue weighted by Gasteiger charge is 2.40. The van der Waals surface area contributed by atoms with Crippen molar-refractivity contribution in [2.75, 3.05) is 0 Å². The molecule has 2 aliphatic rings. The third-order valence-electron chi connectivity index (χ3n) is 5.60. The van der Waals surface area contributed by atoms with Crippen molar-refractivity contribution in [2.45, 2.75) is 58.5 Å². The molecule has 2 aromatic rings. The smallest absolute Gasteiger partial charge is 0.158 e. The van der Waals surface area contributed by atoms with Crippen LogP contribution in [-0.2, 0) is 19.0 Å². The Labute approximate surface area is 130 Å². The van der Waals surface area contributed by atoms with Gasteiger partial charge in [0.15, 0.2) is 5.65 Å². The second kappa shape index (κ2) is 5.01. The zero-order valence-electron chi connectivity index (χ0n) is 12.8. The molecule has 2 saturated carbocycles. The molecular weight excluding hydrogens is 284 g/mol. The van der Waals surface area contributed by atoms with Crippen LogP contribution in [0.25, 0.3) is 11.2 Å². The zero-order chi connectivity index (χ0) is 14.6. The maximum atomic E-state index is 6.16. The lowest BCUT2D eigenvalue weighted by molar-refractivity contribution is 0.295. The summed E-state index contributed by atoms with van der Waals surface area (Å²) in [4.78, 5) is 4.75. The lowest BCUT2D eigenvalue weighted by Crippen LogP contribution is -2.19. The average Bonchev–Trinajstić information content (AvgIpc) is 3.22. The number of fused-ring (bicyclic) bond motifs is 3. The SMILES string of the molecule is CCn1nc(C)c2nc(CCl)n(CC3CC4CCC3C4)c21. The van der Waals surface area contributed by atoms with E-state index in [4.69, 9.17) is 16.6 Å². The molecule has 0 radical (unpaired) electrons. The summed E-state index contributed by atoms with van der Waals surface area (Å²) in [7, 11) is 0. The van der Waals surface area contributed by atoms with Gasteiger partial charge < -0.3 is 4.57 Å². The molecule has 3 unspecified atom stereocenters. The van der Waals surface area contributed by atoms with E-state index in [9.17, 15) is 0 Å². The summed E-state index contributed by atoms with van der Waals surface area (Å²) in [6.07, 6.45) is 5.72. The van der Waals surface area contributed by atoms with E-state index in [1.165, 1.54) is 31.3 Å². The molecule has 4 rings (SSSR count). The van der Waals surface area contributed by atoms with E-state index >= 15 is 0 Å². The topological polar surface area (TPSA) is 35.6 Å². The molecule has 0 amide bonds. The van der Waals surface area contributed by atoms with Gasteiger partial charge in [-0.25, -0.2) is 9.67 Å². The van der Waals surface area contributed by atoms with E-state index in [1.807, 2.05) is 6.92 Å². The largest absolute Gasteiger partial charge is 0.312 e. The van der Waals surface area contributed by atoms with Crippen molar-refractivity contribution in [3.63, 3.8) is 0 Å². The molecule has 5 heteroatoms. The minimum absolute atomic E-state index is 0.485. The normalized spacial score (nSPS) is 28.0. The van der Waals surface area contributed by atoms with E-state index in [0.717, 1.165) is 47.9 Å². The van der Waals surface area contributed by atoms with Crippen LogP contribution in [0.2, 0.25) is 0 Å². The van der Waals surface area contributed by atoms with Gasteiger partial charge in [-0.1, -0.05) is 6.42 Å². The van der Waals surface area contributed by atoms with Gasteiger partial charge in [0.2, 0.25) is 0 Å². The van der Waals surface area contributed by atoms with Gasteiger partial charge in [0.05, 0.1) is 11.6 Å². The number of rotatable bonds is 4. The molecule has 2 aliphatic carbocycles. The van der Waals surface area contributed by atoms with Gasteiger partial charge in [-0.05, 0) is 50.9 Å². The van der Waals surface area contributed by atoms with Gasteiger partial charge in [-0.2, -0.15) is 5.10 Å². The second-order valence-corrected chi connectivity index (χ2v) is 7.05. The maximum absolute atomic E-state index is 6.16. The van der Waals surface area contributed by atoms with E-state index in [1.54, 1.807) is 0 Å². The molecule has 0 aromatic carbocycles. The van der Waals surface area contributed by atoms with Crippen molar-refractivity contribution < 1.29 is 0 Å². The fourth-order valence-electron chi connectivity index (χ4n) is 4.62. The number of hydrogen-bond acceptors (Lipinski definition) is 2. The number of hydrogen-bond donors (Lipinski definition) is 0. The lowest BCUT2D eigenvalue weighted by atomic mass is 9.89. The highest BCUT2D eigenvalue weighted by molar-refractivity contribution is 6.16. The Morgan fingerprint density at radius 1 is 1.29 bits per heavy atom. The molecule has 2 heterocycles. The first kappa shape index (κ1) is 13.6. The van der Waals surface area contributed by atoms with Crippen molar-refractivity contribution >= 4 is 22.8 Å². The molecule has 0 aliphatic heterocycles. The van der Waals surface area contributed by atoms with Crippen molar-refractivity contribution in [3.8, 4) is 0 Å². The molecule has 0 spiro atoms. The number of alkyl halides is 1. The lowest BCUT2D eigenvalue weighted by Gasteiger charge is -2.23. The molecule has 2 bridgehead atoms. The minimum Gasteiger partial charge on any atom is -0.312 e. The summed E-state index contributed by atoms with van der Waals surface area (Å²) in [5.41, 5.74) is 3.23. The Kier molecular flexibility index (Phi) is 3.25. The zero-order valence-corrected chi connectivity index (χ0v) is 13.6. The van der Waals surface area contributed by atoms with Gasteiger partial charge in [0.25, 0.3) is 0 Å². The summed E-state index contributed by atoms with van der Waals surface area (Å²) in [6.45, 7) is 6.14. The molecule has 2 aromatic heterocycles. The molecule has 21 heavy (non-hydrogen) atoms. The van der Waals surface area contributed by atoms with Crippen molar-refractivity contribution in [1.29, 1.82) is 0 Å². The van der Waals surface area contributed by atoms with E-state index in [-0.39, 0.29) is 0 Å². The predicted octanol–water partition coefficient (Wildman–Crippen LogP) is 3.74. The number of halogens is 1. The number of imidazole rings is 1. The average molecular weight is 307 g/mol. The summed E-state index contributed by atoms with van der Waals surface area (Å²) < 4.78 is 4.44. The van der Waals surface area contributed by atoms with Gasteiger partial charge in [0, 0.05) is 13.1 Å². The molecule has 0 saturated heterocycles. The fraction of sp³-hybridized carbons (Fsp3) is 0.750. The Bertz CT molecular complexity index is 671. The van der Waals surface area contributed by atoms with Gasteiger partial charge in [-0.3, -0.25) is 0 Å². The molecule has 4 nitrogen and oxygen atoms in total. The van der Waals surface area contributed by atoms with E-state index in [0.29, 0.717) is 5.88 Å². The quantitative estimate of drug-likeness (QED) is 0.807. The second-order valence-electron chi connectivity index (χ2n) is 6.78. The van der Waals surface area contributed by atoms with Crippen LogP contribution >= 0.6 is 11.6 Å². The van der Waals surface area contributed by atoms with Crippen LogP contribution in [0.4, 0.5) is 0 Å². The van der Waals surface area contributed by atoms with Crippen LogP contribution in [0.5, 0.6) is 0 Å². The van der Waals surface area contributed by atoms with Crippen molar-refractivity contribution in [3.05, 3.63) is 11.5 Å². The highest BCUT2D eigenvalue weighted by atomic mass is 35.5. The first-order valence-electron chi connectivity index (χ1n) is 8.19. The first-order chi connectivity index (χ1) is 10.2. The summed E-state index contributed by atoms with van der Waals surface area (Å²) >= 11 is 6.16. The van der Waals surface area contributed by atoms with Crippen LogP contribution < -0.4 is 0 Å². The van der Waals surface area contributed by atoms with Crippen molar-refractivity contribution in [2.24, 2.45) is 17.8 Å². The molecular formula is C16H23ClN4. The van der Waals surface area contributed by atoms with Crippen LogP contribution in [0.3, 0.4) is 0 Å². The number of nitrogens with zero attached hydrogens (tertiary/aromatic N) is 4. The maximum Gasteiger partial charge on any atom is 0.158 e. The minimum atomic E-state index is 0.485. The Morgan fingerprint density at radius 2 is 2.14 bits per heavy atom. The number of aryl methyl sites for hydroxylation is 2. The van der Waals surface area contributed by atoms with Gasteiger partial charge >= 0.3 is 0 Å². The first-order valence-corrected chi connectivity index (χ1v) is 8.73. The molecule has 2 fully saturated rings. The van der Waals surface area contributed by atoms with E-state index < -0.39 is 0 Å². The fourth-order valence-corrected chi connectivity index (χ4v) is 4.82. The Hall–Kier alpha value is -1.03. The molecule has 114 valence electrons. The summed E-state index contributed by atoms with van der Waals surface area (Å²) in [5.74, 6) is 4.21. The van der Waals surface area contributed by atoms with Gasteiger partial charge in [-0.15, -0.1) is 11.6 Å². The van der Waals surface area contributed by atoms with Crippen LogP contribution in [0.1, 0.15) is 44.1 Å². The van der Waals surface area contributed by atoms with Crippen molar-refractivity contribution in [1.82, 2.24) is 19.3 Å². The third kappa shape index (κ3) is 2.02. The Balaban J connectivity index is 1.75. The standard InChI is InChI=1S/C16H23ClN4/c1-3-21-16-15(10(2)19-21)18-14(8-17)20(16)9-13-7-11-4-5-12(13)6-11/h11-13H,3-9H2,1-2H3. The van der Waals surface area contributed by atoms with Crippen LogP contribution in [0, 0.1) is 24.7 Å². The monoisotopic (exact) mass is 306 g/mol. The third-order valence-corrected chi connectivity index (χ3v) is 5.84. The number of aromatic nitrogens is 4. The van der Waals surface area contributed by atoms with E-state index in [2.05, 4.69) is 21.3 Å². The van der Waals surface area contributed by atoms with Crippen LogP contribution in [-0.4, -0.2) is 19.3 Å². The highest BCUT2D eigenvalue weighted by Crippen LogP contribution is 2.49. The van der Waals surface area contributed by atoms with Crippen LogP contribution in [0.15, 0.2) is 0 Å². The van der Waals surface area contributed by atoms with Gasteiger partial charge in [0.1, 0.15) is 11.3 Å². The predicted molar refractivity (Wildman–Crippen MR) is 84.4 cm³/mol. The molecule has 0 N–H and O–H groups in total. The Morgan fingerprint density at radius 3 is 2.76 bits per heavy atom. The summed E-state index contributed by atoms with van der Waals surface area (Å²) in [6, 6.07) is 0. The molecule has 3 atom stereocenters.